The number of rotatable bonds is 4. The van der Waals surface area contributed by atoms with Crippen LogP contribution < -0.4 is 5.32 Å². The van der Waals surface area contributed by atoms with Crippen molar-refractivity contribution in [3.05, 3.63) is 35.4 Å². The topological polar surface area (TPSA) is 15.3 Å². The Morgan fingerprint density at radius 2 is 1.71 bits per heavy atom. The van der Waals surface area contributed by atoms with Crippen molar-refractivity contribution < 1.29 is 0 Å². The quantitative estimate of drug-likeness (QED) is 0.901. The first-order valence-electron chi connectivity index (χ1n) is 8.40. The van der Waals surface area contributed by atoms with Crippen LogP contribution in [-0.2, 0) is 5.41 Å². The molecule has 2 heteroatoms. The highest BCUT2D eigenvalue weighted by Gasteiger charge is 2.20. The summed E-state index contributed by atoms with van der Waals surface area (Å²) in [5.41, 5.74) is 3.05. The molecule has 1 N–H and O–H groups in total. The van der Waals surface area contributed by atoms with E-state index in [1.54, 1.807) is 0 Å². The number of likely N-dealkylation sites (N-methyl/N-ethyl adjacent to an activating group) is 1. The van der Waals surface area contributed by atoms with E-state index in [0.29, 0.717) is 6.04 Å². The molecular weight excluding hydrogens is 256 g/mol. The molecule has 1 atom stereocenters. The van der Waals surface area contributed by atoms with E-state index in [0.717, 1.165) is 12.5 Å². The van der Waals surface area contributed by atoms with Crippen LogP contribution in [0.4, 0.5) is 0 Å². The lowest BCUT2D eigenvalue weighted by atomic mass is 9.86. The summed E-state index contributed by atoms with van der Waals surface area (Å²) >= 11 is 0. The molecule has 0 amide bonds. The van der Waals surface area contributed by atoms with Crippen LogP contribution in [0.5, 0.6) is 0 Å². The molecule has 0 aromatic heterocycles. The zero-order valence-electron chi connectivity index (χ0n) is 14.4. The fraction of sp³-hybridized carbons (Fsp3) is 0.684. The maximum absolute atomic E-state index is 3.49. The third kappa shape index (κ3) is 4.55. The van der Waals surface area contributed by atoms with Crippen LogP contribution >= 0.6 is 0 Å². The summed E-state index contributed by atoms with van der Waals surface area (Å²) in [6.07, 6.45) is 2.69. The molecule has 1 aromatic rings. The van der Waals surface area contributed by atoms with Crippen molar-refractivity contribution in [2.45, 2.75) is 52.0 Å². The summed E-state index contributed by atoms with van der Waals surface area (Å²) in [6.45, 7) is 12.8. The molecule has 0 radical (unpaired) electrons. The van der Waals surface area contributed by atoms with E-state index in [2.05, 4.69) is 69.2 Å². The van der Waals surface area contributed by atoms with Crippen LogP contribution in [0, 0.1) is 5.92 Å². The van der Waals surface area contributed by atoms with Crippen molar-refractivity contribution >= 4 is 0 Å². The summed E-state index contributed by atoms with van der Waals surface area (Å²) in [5, 5.41) is 3.49. The second-order valence-electron chi connectivity index (χ2n) is 7.70. The van der Waals surface area contributed by atoms with Crippen LogP contribution in [-0.4, -0.2) is 31.6 Å². The minimum Gasteiger partial charge on any atom is -0.312 e. The number of nitrogens with one attached hydrogen (secondary N) is 1. The second-order valence-corrected chi connectivity index (χ2v) is 7.70. The SMILES string of the molecule is CNC(CN1CCC(C)CC1)c1ccc(C(C)(C)C)cc1. The molecule has 0 bridgehead atoms. The molecule has 118 valence electrons. The van der Waals surface area contributed by atoms with Crippen molar-refractivity contribution in [1.29, 1.82) is 0 Å². The van der Waals surface area contributed by atoms with E-state index >= 15 is 0 Å². The van der Waals surface area contributed by atoms with Gasteiger partial charge in [0, 0.05) is 12.6 Å². The highest BCUT2D eigenvalue weighted by atomic mass is 15.1. The highest BCUT2D eigenvalue weighted by Crippen LogP contribution is 2.25. The van der Waals surface area contributed by atoms with Gasteiger partial charge in [-0.25, -0.2) is 0 Å². The van der Waals surface area contributed by atoms with E-state index in [1.165, 1.54) is 37.1 Å². The molecule has 1 aliphatic rings. The zero-order valence-corrected chi connectivity index (χ0v) is 14.4. The van der Waals surface area contributed by atoms with Gasteiger partial charge in [0.25, 0.3) is 0 Å². The maximum Gasteiger partial charge on any atom is 0.0446 e. The maximum atomic E-state index is 3.49. The van der Waals surface area contributed by atoms with Crippen molar-refractivity contribution in [3.63, 3.8) is 0 Å². The van der Waals surface area contributed by atoms with Gasteiger partial charge in [0.2, 0.25) is 0 Å². The molecule has 21 heavy (non-hydrogen) atoms. The van der Waals surface area contributed by atoms with E-state index in [9.17, 15) is 0 Å². The normalized spacial score (nSPS) is 19.7. The summed E-state index contributed by atoms with van der Waals surface area (Å²) < 4.78 is 0. The Kier molecular flexibility index (Phi) is 5.45. The highest BCUT2D eigenvalue weighted by molar-refractivity contribution is 5.29. The number of nitrogens with zero attached hydrogens (tertiary/aromatic N) is 1. The number of hydrogen-bond donors (Lipinski definition) is 1. The Morgan fingerprint density at radius 1 is 1.14 bits per heavy atom. The number of hydrogen-bond acceptors (Lipinski definition) is 2. The molecule has 1 saturated heterocycles. The summed E-state index contributed by atoms with van der Waals surface area (Å²) in [4.78, 5) is 2.61. The van der Waals surface area contributed by atoms with E-state index in [1.807, 2.05) is 0 Å². The van der Waals surface area contributed by atoms with Gasteiger partial charge in [0.15, 0.2) is 0 Å². The van der Waals surface area contributed by atoms with Gasteiger partial charge < -0.3 is 10.2 Å². The Morgan fingerprint density at radius 3 is 2.19 bits per heavy atom. The van der Waals surface area contributed by atoms with Crippen molar-refractivity contribution in [1.82, 2.24) is 10.2 Å². The molecule has 1 unspecified atom stereocenters. The first kappa shape index (κ1) is 16.5. The van der Waals surface area contributed by atoms with Crippen molar-refractivity contribution in [3.8, 4) is 0 Å². The van der Waals surface area contributed by atoms with Crippen LogP contribution in [0.2, 0.25) is 0 Å². The van der Waals surface area contributed by atoms with E-state index in [4.69, 9.17) is 0 Å². The molecule has 2 rings (SSSR count). The molecule has 1 heterocycles. The van der Waals surface area contributed by atoms with Crippen LogP contribution in [0.3, 0.4) is 0 Å². The van der Waals surface area contributed by atoms with Gasteiger partial charge in [0.05, 0.1) is 0 Å². The second kappa shape index (κ2) is 6.93. The Hall–Kier alpha value is -0.860. The average Bonchev–Trinajstić information content (AvgIpc) is 2.46. The van der Waals surface area contributed by atoms with Crippen LogP contribution in [0.25, 0.3) is 0 Å². The van der Waals surface area contributed by atoms with E-state index < -0.39 is 0 Å². The Bertz CT molecular complexity index is 422. The van der Waals surface area contributed by atoms with Gasteiger partial charge in [0.1, 0.15) is 0 Å². The molecule has 0 spiro atoms. The van der Waals surface area contributed by atoms with Gasteiger partial charge >= 0.3 is 0 Å². The van der Waals surface area contributed by atoms with Crippen molar-refractivity contribution in [2.24, 2.45) is 5.92 Å². The van der Waals surface area contributed by atoms with Crippen LogP contribution in [0.1, 0.15) is 57.7 Å². The molecule has 1 aromatic carbocycles. The zero-order chi connectivity index (χ0) is 15.5. The largest absolute Gasteiger partial charge is 0.312 e. The Labute approximate surface area is 130 Å². The van der Waals surface area contributed by atoms with Crippen molar-refractivity contribution in [2.75, 3.05) is 26.7 Å². The molecule has 0 saturated carbocycles. The molecular formula is C19H32N2. The molecule has 1 aliphatic heterocycles. The fourth-order valence-electron chi connectivity index (χ4n) is 3.08. The van der Waals surface area contributed by atoms with Crippen LogP contribution in [0.15, 0.2) is 24.3 Å². The summed E-state index contributed by atoms with van der Waals surface area (Å²) in [5.74, 6) is 0.903. The van der Waals surface area contributed by atoms with Gasteiger partial charge in [-0.3, -0.25) is 0 Å². The lowest BCUT2D eigenvalue weighted by Crippen LogP contribution is -2.38. The lowest BCUT2D eigenvalue weighted by molar-refractivity contribution is 0.177. The van der Waals surface area contributed by atoms with Gasteiger partial charge in [-0.1, -0.05) is 52.0 Å². The van der Waals surface area contributed by atoms with Gasteiger partial charge in [-0.05, 0) is 55.4 Å². The number of piperidine rings is 1. The average molecular weight is 288 g/mol. The minimum atomic E-state index is 0.233. The first-order chi connectivity index (χ1) is 9.90. The minimum absolute atomic E-state index is 0.233. The lowest BCUT2D eigenvalue weighted by Gasteiger charge is -2.33. The van der Waals surface area contributed by atoms with Gasteiger partial charge in [-0.15, -0.1) is 0 Å². The third-order valence-electron chi connectivity index (χ3n) is 4.84. The predicted octanol–water partition coefficient (Wildman–Crippen LogP) is 3.98. The number of likely N-dealkylation sites (tertiary alicyclic amines) is 1. The third-order valence-corrected chi connectivity index (χ3v) is 4.84. The fourth-order valence-corrected chi connectivity index (χ4v) is 3.08. The molecule has 0 aliphatic carbocycles. The number of benzene rings is 1. The Balaban J connectivity index is 2.00. The smallest absolute Gasteiger partial charge is 0.0446 e. The van der Waals surface area contributed by atoms with Gasteiger partial charge in [-0.2, -0.15) is 0 Å². The molecule has 1 fully saturated rings. The first-order valence-corrected chi connectivity index (χ1v) is 8.40. The summed E-state index contributed by atoms with van der Waals surface area (Å²) in [7, 11) is 2.08. The monoisotopic (exact) mass is 288 g/mol. The molecule has 2 nitrogen and oxygen atoms in total. The summed E-state index contributed by atoms with van der Waals surface area (Å²) in [6, 6.07) is 9.62. The predicted molar refractivity (Wildman–Crippen MR) is 91.8 cm³/mol. The van der Waals surface area contributed by atoms with E-state index in [-0.39, 0.29) is 5.41 Å². The standard InChI is InChI=1S/C19H32N2/c1-15-10-12-21(13-11-15)14-18(20-5)16-6-8-17(9-7-16)19(2,3)4/h6-9,15,18,20H,10-14H2,1-5H3.